The van der Waals surface area contributed by atoms with Crippen molar-refractivity contribution in [2.45, 2.75) is 6.42 Å². The second-order valence-corrected chi connectivity index (χ2v) is 7.56. The van der Waals surface area contributed by atoms with Crippen LogP contribution in [0.4, 0.5) is 0 Å². The summed E-state index contributed by atoms with van der Waals surface area (Å²) in [5, 5.41) is 0. The molecule has 5 heteroatoms. The Bertz CT molecular complexity index is 771. The van der Waals surface area contributed by atoms with Gasteiger partial charge in [0.2, 0.25) is 0 Å². The molecule has 0 bridgehead atoms. The average molecular weight is 338 g/mol. The lowest BCUT2D eigenvalue weighted by Gasteiger charge is -2.32. The van der Waals surface area contributed by atoms with Gasteiger partial charge in [-0.15, -0.1) is 11.3 Å². The fourth-order valence-electron chi connectivity index (χ4n) is 3.12. The number of hydrogen-bond acceptors (Lipinski definition) is 5. The van der Waals surface area contributed by atoms with Crippen LogP contribution in [0, 0.1) is 0 Å². The maximum Gasteiger partial charge on any atom is 0.116 e. The minimum Gasteiger partial charge on any atom is -0.304 e. The van der Waals surface area contributed by atoms with Crippen LogP contribution in [0.1, 0.15) is 5.56 Å². The van der Waals surface area contributed by atoms with Crippen molar-refractivity contribution < 1.29 is 0 Å². The molecule has 24 heavy (non-hydrogen) atoms. The molecule has 1 fully saturated rings. The van der Waals surface area contributed by atoms with Crippen LogP contribution in [0.5, 0.6) is 0 Å². The van der Waals surface area contributed by atoms with Gasteiger partial charge in [-0.3, -0.25) is 0 Å². The first-order chi connectivity index (χ1) is 11.8. The molecule has 3 heterocycles. The molecule has 0 spiro atoms. The number of piperazine rings is 1. The molecule has 0 aliphatic carbocycles. The van der Waals surface area contributed by atoms with Gasteiger partial charge in [-0.1, -0.05) is 24.3 Å². The van der Waals surface area contributed by atoms with E-state index in [0.29, 0.717) is 0 Å². The summed E-state index contributed by atoms with van der Waals surface area (Å²) in [5.41, 5.74) is 3.71. The van der Waals surface area contributed by atoms with Crippen molar-refractivity contribution in [1.29, 1.82) is 0 Å². The van der Waals surface area contributed by atoms with Crippen molar-refractivity contribution in [3.8, 4) is 10.4 Å². The van der Waals surface area contributed by atoms with E-state index in [0.717, 1.165) is 23.2 Å². The van der Waals surface area contributed by atoms with Crippen molar-refractivity contribution in [3.63, 3.8) is 0 Å². The molecule has 2 aromatic heterocycles. The Hall–Kier alpha value is -1.82. The van der Waals surface area contributed by atoms with Crippen LogP contribution in [-0.2, 0) is 6.42 Å². The van der Waals surface area contributed by atoms with E-state index in [1.807, 2.05) is 6.20 Å². The van der Waals surface area contributed by atoms with Crippen molar-refractivity contribution in [1.82, 2.24) is 19.8 Å². The maximum absolute atomic E-state index is 4.32. The smallest absolute Gasteiger partial charge is 0.116 e. The van der Waals surface area contributed by atoms with Crippen LogP contribution < -0.4 is 0 Å². The topological polar surface area (TPSA) is 32.3 Å². The zero-order chi connectivity index (χ0) is 16.4. The summed E-state index contributed by atoms with van der Waals surface area (Å²) in [4.78, 5) is 14.7. The van der Waals surface area contributed by atoms with Gasteiger partial charge in [0.05, 0.1) is 10.2 Å². The molecule has 0 amide bonds. The summed E-state index contributed by atoms with van der Waals surface area (Å²) in [6, 6.07) is 11.2. The Morgan fingerprint density at radius 1 is 1.08 bits per heavy atom. The molecule has 0 atom stereocenters. The average Bonchev–Trinajstić information content (AvgIpc) is 3.06. The van der Waals surface area contributed by atoms with Gasteiger partial charge in [0, 0.05) is 43.8 Å². The highest BCUT2D eigenvalue weighted by atomic mass is 32.1. The quantitative estimate of drug-likeness (QED) is 0.731. The van der Waals surface area contributed by atoms with Crippen LogP contribution in [0.15, 0.2) is 42.9 Å². The number of aromatic nitrogens is 2. The summed E-state index contributed by atoms with van der Waals surface area (Å²) in [6.07, 6.45) is 4.63. The zero-order valence-electron chi connectivity index (χ0n) is 14.0. The highest BCUT2D eigenvalue weighted by Gasteiger charge is 2.13. The largest absolute Gasteiger partial charge is 0.304 e. The summed E-state index contributed by atoms with van der Waals surface area (Å²) in [6.45, 7) is 5.92. The SMILES string of the molecule is CN1CCN(CCc2ccc(-c3cc4ncncc4s3)cc2)CC1. The predicted molar refractivity (Wildman–Crippen MR) is 100 cm³/mol. The third kappa shape index (κ3) is 3.48. The van der Waals surface area contributed by atoms with Gasteiger partial charge in [0.25, 0.3) is 0 Å². The monoisotopic (exact) mass is 338 g/mol. The molecule has 1 saturated heterocycles. The highest BCUT2D eigenvalue weighted by Crippen LogP contribution is 2.32. The van der Waals surface area contributed by atoms with Gasteiger partial charge in [-0.05, 0) is 30.7 Å². The van der Waals surface area contributed by atoms with Crippen LogP contribution in [0.25, 0.3) is 20.7 Å². The Morgan fingerprint density at radius 3 is 2.62 bits per heavy atom. The Balaban J connectivity index is 1.41. The lowest BCUT2D eigenvalue weighted by atomic mass is 10.1. The van der Waals surface area contributed by atoms with Gasteiger partial charge in [0.15, 0.2) is 0 Å². The Kier molecular flexibility index (Phi) is 4.56. The van der Waals surface area contributed by atoms with E-state index in [1.165, 1.54) is 42.2 Å². The van der Waals surface area contributed by atoms with Gasteiger partial charge >= 0.3 is 0 Å². The van der Waals surface area contributed by atoms with Crippen molar-refractivity contribution in [2.75, 3.05) is 39.8 Å². The third-order valence-electron chi connectivity index (χ3n) is 4.75. The highest BCUT2D eigenvalue weighted by molar-refractivity contribution is 7.22. The molecule has 4 rings (SSSR count). The van der Waals surface area contributed by atoms with Crippen molar-refractivity contribution in [2.24, 2.45) is 0 Å². The fraction of sp³-hybridized carbons (Fsp3) is 0.368. The molecule has 0 radical (unpaired) electrons. The summed E-state index contributed by atoms with van der Waals surface area (Å²) < 4.78 is 1.15. The van der Waals surface area contributed by atoms with Gasteiger partial charge < -0.3 is 9.80 Å². The molecule has 0 unspecified atom stereocenters. The van der Waals surface area contributed by atoms with E-state index in [4.69, 9.17) is 0 Å². The zero-order valence-corrected chi connectivity index (χ0v) is 14.8. The second-order valence-electron chi connectivity index (χ2n) is 6.47. The number of thiophene rings is 1. The number of fused-ring (bicyclic) bond motifs is 1. The molecule has 1 aliphatic rings. The maximum atomic E-state index is 4.32. The molecule has 0 saturated carbocycles. The standard InChI is InChI=1S/C19H22N4S/c1-22-8-10-23(11-9-22)7-6-15-2-4-16(5-3-15)18-12-17-19(24-18)13-20-14-21-17/h2-5,12-14H,6-11H2,1H3. The number of nitrogens with zero attached hydrogens (tertiary/aromatic N) is 4. The lowest BCUT2D eigenvalue weighted by Crippen LogP contribution is -2.45. The third-order valence-corrected chi connectivity index (χ3v) is 5.85. The lowest BCUT2D eigenvalue weighted by molar-refractivity contribution is 0.155. The minimum absolute atomic E-state index is 1.03. The van der Waals surface area contributed by atoms with Crippen LogP contribution in [0.3, 0.4) is 0 Å². The fourth-order valence-corrected chi connectivity index (χ4v) is 4.11. The molecule has 4 nitrogen and oxygen atoms in total. The van der Waals surface area contributed by atoms with E-state index < -0.39 is 0 Å². The van der Waals surface area contributed by atoms with Crippen LogP contribution in [0.2, 0.25) is 0 Å². The van der Waals surface area contributed by atoms with Crippen LogP contribution >= 0.6 is 11.3 Å². The van der Waals surface area contributed by atoms with Crippen molar-refractivity contribution in [3.05, 3.63) is 48.4 Å². The molecular weight excluding hydrogens is 316 g/mol. The van der Waals surface area contributed by atoms with Crippen LogP contribution in [-0.4, -0.2) is 59.5 Å². The van der Waals surface area contributed by atoms with Gasteiger partial charge in [-0.25, -0.2) is 9.97 Å². The van der Waals surface area contributed by atoms with Gasteiger partial charge in [-0.2, -0.15) is 0 Å². The predicted octanol–water partition coefficient (Wildman–Crippen LogP) is 3.15. The summed E-state index contributed by atoms with van der Waals surface area (Å²) in [7, 11) is 2.20. The molecule has 1 aromatic carbocycles. The molecule has 0 N–H and O–H groups in total. The molecule has 124 valence electrons. The Labute approximate surface area is 146 Å². The van der Waals surface area contributed by atoms with Crippen molar-refractivity contribution >= 4 is 21.6 Å². The normalized spacial score (nSPS) is 16.7. The summed E-state index contributed by atoms with van der Waals surface area (Å²) >= 11 is 1.75. The Morgan fingerprint density at radius 2 is 1.88 bits per heavy atom. The number of hydrogen-bond donors (Lipinski definition) is 0. The number of rotatable bonds is 4. The molecule has 3 aromatic rings. The minimum atomic E-state index is 1.03. The number of benzene rings is 1. The molecular formula is C19H22N4S. The van der Waals surface area contributed by atoms with E-state index >= 15 is 0 Å². The van der Waals surface area contributed by atoms with E-state index in [1.54, 1.807) is 17.7 Å². The first-order valence-electron chi connectivity index (χ1n) is 8.48. The molecule has 1 aliphatic heterocycles. The second kappa shape index (κ2) is 6.97. The van der Waals surface area contributed by atoms with E-state index in [2.05, 4.69) is 57.1 Å². The summed E-state index contributed by atoms with van der Waals surface area (Å²) in [5.74, 6) is 0. The first-order valence-corrected chi connectivity index (χ1v) is 9.29. The first kappa shape index (κ1) is 15.7. The van der Waals surface area contributed by atoms with Gasteiger partial charge in [0.1, 0.15) is 6.33 Å². The number of likely N-dealkylation sites (N-methyl/N-ethyl adjacent to an activating group) is 1. The van der Waals surface area contributed by atoms with E-state index in [-0.39, 0.29) is 0 Å². The van der Waals surface area contributed by atoms with E-state index in [9.17, 15) is 0 Å².